The molecule has 2 rings (SSSR count). The number of sulfonamides is 1. The predicted octanol–water partition coefficient (Wildman–Crippen LogP) is 0.150. The first kappa shape index (κ1) is 13.0. The van der Waals surface area contributed by atoms with Crippen LogP contribution in [0.25, 0.3) is 0 Å². The molecule has 0 atom stereocenters. The quantitative estimate of drug-likeness (QED) is 0.788. The van der Waals surface area contributed by atoms with Crippen molar-refractivity contribution < 1.29 is 22.7 Å². The SMILES string of the molecule is COC(=O)c1ccccc1S(=O)(=O)NC1COC1. The number of carbonyl (C=O) groups is 1. The van der Waals surface area contributed by atoms with Crippen molar-refractivity contribution >= 4 is 16.0 Å². The molecule has 7 heteroatoms. The molecular formula is C11H13NO5S. The molecule has 0 unspecified atom stereocenters. The summed E-state index contributed by atoms with van der Waals surface area (Å²) in [6, 6.07) is 5.68. The fourth-order valence-electron chi connectivity index (χ4n) is 1.57. The molecule has 0 amide bonds. The van der Waals surface area contributed by atoms with Crippen LogP contribution in [0, 0.1) is 0 Å². The van der Waals surface area contributed by atoms with Crippen molar-refractivity contribution in [1.82, 2.24) is 4.72 Å². The van der Waals surface area contributed by atoms with E-state index in [1.54, 1.807) is 12.1 Å². The zero-order chi connectivity index (χ0) is 13.2. The van der Waals surface area contributed by atoms with Gasteiger partial charge in [-0.1, -0.05) is 12.1 Å². The van der Waals surface area contributed by atoms with Crippen molar-refractivity contribution in [3.8, 4) is 0 Å². The maximum atomic E-state index is 12.1. The highest BCUT2D eigenvalue weighted by atomic mass is 32.2. The van der Waals surface area contributed by atoms with E-state index in [1.807, 2.05) is 0 Å². The lowest BCUT2D eigenvalue weighted by Crippen LogP contribution is -2.48. The lowest BCUT2D eigenvalue weighted by atomic mass is 10.2. The summed E-state index contributed by atoms with van der Waals surface area (Å²) in [5.74, 6) is -0.680. The molecule has 1 aromatic rings. The van der Waals surface area contributed by atoms with Crippen LogP contribution in [0.1, 0.15) is 10.4 Å². The Hall–Kier alpha value is -1.44. The normalized spacial score (nSPS) is 16.1. The summed E-state index contributed by atoms with van der Waals surface area (Å²) in [5.41, 5.74) is 0.0211. The van der Waals surface area contributed by atoms with E-state index >= 15 is 0 Å². The number of hydrogen-bond acceptors (Lipinski definition) is 5. The number of carbonyl (C=O) groups excluding carboxylic acids is 1. The summed E-state index contributed by atoms with van der Waals surface area (Å²) >= 11 is 0. The number of benzene rings is 1. The summed E-state index contributed by atoms with van der Waals surface area (Å²) in [6.07, 6.45) is 0. The summed E-state index contributed by atoms with van der Waals surface area (Å²) < 4.78 is 36.1. The van der Waals surface area contributed by atoms with Gasteiger partial charge in [-0.15, -0.1) is 0 Å². The fourth-order valence-corrected chi connectivity index (χ4v) is 2.97. The molecule has 1 fully saturated rings. The van der Waals surface area contributed by atoms with Gasteiger partial charge in [0, 0.05) is 0 Å². The Morgan fingerprint density at radius 3 is 2.61 bits per heavy atom. The largest absolute Gasteiger partial charge is 0.465 e. The topological polar surface area (TPSA) is 81.7 Å². The molecule has 0 spiro atoms. The number of nitrogens with one attached hydrogen (secondary N) is 1. The van der Waals surface area contributed by atoms with Gasteiger partial charge in [0.05, 0.1) is 36.8 Å². The van der Waals surface area contributed by atoms with Gasteiger partial charge in [-0.2, -0.15) is 0 Å². The van der Waals surface area contributed by atoms with Crippen molar-refractivity contribution in [3.05, 3.63) is 29.8 Å². The van der Waals surface area contributed by atoms with Gasteiger partial charge in [-0.3, -0.25) is 0 Å². The molecule has 0 bridgehead atoms. The van der Waals surface area contributed by atoms with Crippen molar-refractivity contribution in [1.29, 1.82) is 0 Å². The van der Waals surface area contributed by atoms with Crippen molar-refractivity contribution in [2.24, 2.45) is 0 Å². The van der Waals surface area contributed by atoms with Crippen LogP contribution >= 0.6 is 0 Å². The molecule has 1 saturated heterocycles. The molecule has 0 aliphatic carbocycles. The molecule has 1 aliphatic rings. The van der Waals surface area contributed by atoms with E-state index in [2.05, 4.69) is 9.46 Å². The van der Waals surface area contributed by atoms with Crippen LogP contribution in [0.2, 0.25) is 0 Å². The van der Waals surface area contributed by atoms with Crippen LogP contribution in [0.4, 0.5) is 0 Å². The predicted molar refractivity (Wildman–Crippen MR) is 62.7 cm³/mol. The standard InChI is InChI=1S/C11H13NO5S/c1-16-11(13)9-4-2-3-5-10(9)18(14,15)12-8-6-17-7-8/h2-5,8,12H,6-7H2,1H3. The van der Waals surface area contributed by atoms with Crippen molar-refractivity contribution in [3.63, 3.8) is 0 Å². The smallest absolute Gasteiger partial charge is 0.339 e. The molecule has 1 aromatic carbocycles. The van der Waals surface area contributed by atoms with E-state index < -0.39 is 16.0 Å². The van der Waals surface area contributed by atoms with Gasteiger partial charge in [0.2, 0.25) is 10.0 Å². The van der Waals surface area contributed by atoms with E-state index in [4.69, 9.17) is 4.74 Å². The van der Waals surface area contributed by atoms with E-state index in [-0.39, 0.29) is 16.5 Å². The van der Waals surface area contributed by atoms with Crippen LogP contribution in [-0.4, -0.2) is 40.8 Å². The minimum Gasteiger partial charge on any atom is -0.465 e. The highest BCUT2D eigenvalue weighted by Crippen LogP contribution is 2.17. The van der Waals surface area contributed by atoms with Gasteiger partial charge in [-0.05, 0) is 12.1 Å². The molecule has 98 valence electrons. The second kappa shape index (κ2) is 5.05. The molecule has 0 aromatic heterocycles. The second-order valence-electron chi connectivity index (χ2n) is 3.84. The first-order valence-corrected chi connectivity index (χ1v) is 6.80. The summed E-state index contributed by atoms with van der Waals surface area (Å²) in [4.78, 5) is 11.4. The third-order valence-electron chi connectivity index (χ3n) is 2.54. The lowest BCUT2D eigenvalue weighted by molar-refractivity contribution is 0.00481. The third-order valence-corrected chi connectivity index (χ3v) is 4.12. The van der Waals surface area contributed by atoms with Gasteiger partial charge in [-0.25, -0.2) is 17.9 Å². The van der Waals surface area contributed by atoms with E-state index in [0.717, 1.165) is 0 Å². The molecule has 6 nitrogen and oxygen atoms in total. The molecule has 1 aliphatic heterocycles. The highest BCUT2D eigenvalue weighted by Gasteiger charge is 2.28. The van der Waals surface area contributed by atoms with E-state index in [0.29, 0.717) is 13.2 Å². The van der Waals surface area contributed by atoms with Gasteiger partial charge < -0.3 is 9.47 Å². The van der Waals surface area contributed by atoms with Crippen LogP contribution in [0.15, 0.2) is 29.2 Å². The number of methoxy groups -OCH3 is 1. The number of hydrogen-bond donors (Lipinski definition) is 1. The summed E-state index contributed by atoms with van der Waals surface area (Å²) in [7, 11) is -2.53. The Balaban J connectivity index is 2.34. The minimum absolute atomic E-state index is 0.0211. The molecule has 1 N–H and O–H groups in total. The first-order chi connectivity index (χ1) is 8.54. The van der Waals surface area contributed by atoms with Crippen molar-refractivity contribution in [2.45, 2.75) is 10.9 Å². The molecule has 0 saturated carbocycles. The maximum Gasteiger partial charge on any atom is 0.339 e. The Bertz CT molecular complexity index is 550. The van der Waals surface area contributed by atoms with E-state index in [1.165, 1.54) is 19.2 Å². The monoisotopic (exact) mass is 271 g/mol. The molecule has 18 heavy (non-hydrogen) atoms. The second-order valence-corrected chi connectivity index (χ2v) is 5.53. The Kier molecular flexibility index (Phi) is 3.65. The van der Waals surface area contributed by atoms with Crippen LogP contribution < -0.4 is 4.72 Å². The van der Waals surface area contributed by atoms with Crippen LogP contribution in [0.3, 0.4) is 0 Å². The van der Waals surface area contributed by atoms with Gasteiger partial charge >= 0.3 is 5.97 Å². The van der Waals surface area contributed by atoms with E-state index in [9.17, 15) is 13.2 Å². The summed E-state index contributed by atoms with van der Waals surface area (Å²) in [6.45, 7) is 0.694. The average Bonchev–Trinajstić information content (AvgIpc) is 2.33. The Labute approximate surface area is 105 Å². The molecular weight excluding hydrogens is 258 g/mol. The van der Waals surface area contributed by atoms with Crippen LogP contribution in [0.5, 0.6) is 0 Å². The van der Waals surface area contributed by atoms with Crippen molar-refractivity contribution in [2.75, 3.05) is 20.3 Å². The van der Waals surface area contributed by atoms with Gasteiger partial charge in [0.1, 0.15) is 0 Å². The lowest BCUT2D eigenvalue weighted by Gasteiger charge is -2.26. The van der Waals surface area contributed by atoms with Gasteiger partial charge in [0.15, 0.2) is 0 Å². The van der Waals surface area contributed by atoms with Gasteiger partial charge in [0.25, 0.3) is 0 Å². The Morgan fingerprint density at radius 2 is 2.06 bits per heavy atom. The zero-order valence-electron chi connectivity index (χ0n) is 9.75. The maximum absolute atomic E-state index is 12.1. The number of rotatable bonds is 4. The first-order valence-electron chi connectivity index (χ1n) is 5.32. The highest BCUT2D eigenvalue weighted by molar-refractivity contribution is 7.89. The fraction of sp³-hybridized carbons (Fsp3) is 0.364. The number of ether oxygens (including phenoxy) is 2. The summed E-state index contributed by atoms with van der Waals surface area (Å²) in [5, 5.41) is 0. The Morgan fingerprint density at radius 1 is 1.39 bits per heavy atom. The third kappa shape index (κ3) is 2.53. The van der Waals surface area contributed by atoms with Crippen LogP contribution in [-0.2, 0) is 19.5 Å². The minimum atomic E-state index is -3.74. The molecule has 1 heterocycles. The zero-order valence-corrected chi connectivity index (χ0v) is 10.6. The molecule has 0 radical (unpaired) electrons. The number of esters is 1. The average molecular weight is 271 g/mol.